The average Bonchev–Trinajstić information content (AvgIpc) is 2.94. The molecule has 3 rings (SSSR count). The monoisotopic (exact) mass is 277 g/mol. The second-order valence-corrected chi connectivity index (χ2v) is 4.90. The van der Waals surface area contributed by atoms with Gasteiger partial charge in [0.15, 0.2) is 11.6 Å². The lowest BCUT2D eigenvalue weighted by Gasteiger charge is -2.08. The summed E-state index contributed by atoms with van der Waals surface area (Å²) in [4.78, 5) is 16.0. The highest BCUT2D eigenvalue weighted by atomic mass is 35.5. The number of aryl methyl sites for hydroxylation is 2. The molecule has 0 bridgehead atoms. The molecule has 1 aliphatic carbocycles. The van der Waals surface area contributed by atoms with Gasteiger partial charge in [-0.15, -0.1) is 5.10 Å². The van der Waals surface area contributed by atoms with Crippen LogP contribution in [-0.4, -0.2) is 20.7 Å². The zero-order valence-corrected chi connectivity index (χ0v) is 10.8. The molecular weight excluding hydrogens is 266 g/mol. The van der Waals surface area contributed by atoms with Crippen LogP contribution < -0.4 is 11.5 Å². The van der Waals surface area contributed by atoms with Crippen molar-refractivity contribution in [1.82, 2.24) is 14.8 Å². The fourth-order valence-corrected chi connectivity index (χ4v) is 2.42. The number of halogens is 1. The molecule has 7 heteroatoms. The number of carbonyl (C=O) groups is 1. The maximum atomic E-state index is 11.6. The lowest BCUT2D eigenvalue weighted by molar-refractivity contribution is 0.0999. The number of aromatic nitrogens is 3. The van der Waals surface area contributed by atoms with Crippen molar-refractivity contribution in [2.45, 2.75) is 19.3 Å². The Kier molecular flexibility index (Phi) is 2.67. The molecule has 0 spiro atoms. The van der Waals surface area contributed by atoms with Crippen LogP contribution in [0, 0.1) is 0 Å². The van der Waals surface area contributed by atoms with Gasteiger partial charge in [-0.25, -0.2) is 9.67 Å². The average molecular weight is 278 g/mol. The molecule has 0 unspecified atom stereocenters. The number of nitrogens with zero attached hydrogens (tertiary/aromatic N) is 3. The van der Waals surface area contributed by atoms with Crippen molar-refractivity contribution >= 4 is 23.3 Å². The van der Waals surface area contributed by atoms with Crippen LogP contribution in [0.2, 0.25) is 5.02 Å². The van der Waals surface area contributed by atoms with E-state index in [9.17, 15) is 4.79 Å². The van der Waals surface area contributed by atoms with E-state index >= 15 is 0 Å². The Balaban J connectivity index is 2.21. The Hall–Kier alpha value is -2.08. The largest absolute Gasteiger partial charge is 0.381 e. The van der Waals surface area contributed by atoms with Crippen molar-refractivity contribution < 1.29 is 4.79 Å². The van der Waals surface area contributed by atoms with E-state index in [1.54, 1.807) is 6.07 Å². The molecule has 0 aromatic carbocycles. The first-order chi connectivity index (χ1) is 9.06. The molecule has 19 heavy (non-hydrogen) atoms. The molecular formula is C12H12ClN5O. The van der Waals surface area contributed by atoms with Crippen molar-refractivity contribution in [3.8, 4) is 5.82 Å². The van der Waals surface area contributed by atoms with Crippen LogP contribution in [0.25, 0.3) is 5.82 Å². The number of pyridine rings is 1. The van der Waals surface area contributed by atoms with E-state index in [4.69, 9.17) is 23.1 Å². The van der Waals surface area contributed by atoms with Gasteiger partial charge in [-0.05, 0) is 30.9 Å². The number of hydrogen-bond donors (Lipinski definition) is 2. The van der Waals surface area contributed by atoms with Crippen LogP contribution in [0.4, 0.5) is 5.82 Å². The predicted octanol–water partition coefficient (Wildman–Crippen LogP) is 1.09. The van der Waals surface area contributed by atoms with E-state index in [2.05, 4.69) is 10.1 Å². The van der Waals surface area contributed by atoms with Crippen LogP contribution in [0.3, 0.4) is 0 Å². The maximum absolute atomic E-state index is 11.6. The number of nitrogens with two attached hydrogens (primary N) is 2. The number of amides is 1. The zero-order valence-electron chi connectivity index (χ0n) is 10.1. The van der Waals surface area contributed by atoms with Crippen molar-refractivity contribution in [1.29, 1.82) is 0 Å². The Morgan fingerprint density at radius 1 is 1.42 bits per heavy atom. The summed E-state index contributed by atoms with van der Waals surface area (Å²) in [5.41, 5.74) is 13.4. The smallest absolute Gasteiger partial charge is 0.252 e. The molecule has 1 amide bonds. The Bertz CT molecular complexity index is 659. The first kappa shape index (κ1) is 12.0. The van der Waals surface area contributed by atoms with Gasteiger partial charge in [0, 0.05) is 5.69 Å². The predicted molar refractivity (Wildman–Crippen MR) is 71.3 cm³/mol. The number of anilines is 1. The van der Waals surface area contributed by atoms with Crippen LogP contribution in [0.5, 0.6) is 0 Å². The van der Waals surface area contributed by atoms with E-state index < -0.39 is 5.91 Å². The molecule has 0 atom stereocenters. The van der Waals surface area contributed by atoms with Gasteiger partial charge in [-0.3, -0.25) is 4.79 Å². The molecule has 2 heterocycles. The molecule has 0 saturated heterocycles. The van der Waals surface area contributed by atoms with Crippen LogP contribution in [0.1, 0.15) is 28.0 Å². The second kappa shape index (κ2) is 4.24. The molecule has 6 nitrogen and oxygen atoms in total. The summed E-state index contributed by atoms with van der Waals surface area (Å²) in [6, 6.07) is 1.79. The minimum absolute atomic E-state index is 0.194. The SMILES string of the molecule is NC(=O)c1cc2c(nc1-n1cc(Cl)c(N)n1)CCC2. The quantitative estimate of drug-likeness (QED) is 0.858. The minimum atomic E-state index is -0.539. The highest BCUT2D eigenvalue weighted by Crippen LogP contribution is 2.26. The van der Waals surface area contributed by atoms with E-state index in [1.807, 2.05) is 0 Å². The molecule has 0 fully saturated rings. The van der Waals surface area contributed by atoms with Gasteiger partial charge >= 0.3 is 0 Å². The standard InChI is InChI=1S/C12H12ClN5O/c13-8-5-18(17-10(8)14)12-7(11(15)19)4-6-2-1-3-9(6)16-12/h4-5H,1-3H2,(H2,14,17)(H2,15,19). The molecule has 4 N–H and O–H groups in total. The molecule has 1 aliphatic rings. The Morgan fingerprint density at radius 3 is 2.84 bits per heavy atom. The second-order valence-electron chi connectivity index (χ2n) is 4.49. The fraction of sp³-hybridized carbons (Fsp3) is 0.250. The topological polar surface area (TPSA) is 99.8 Å². The van der Waals surface area contributed by atoms with Gasteiger partial charge < -0.3 is 11.5 Å². The van der Waals surface area contributed by atoms with Gasteiger partial charge in [0.25, 0.3) is 5.91 Å². The van der Waals surface area contributed by atoms with E-state index in [1.165, 1.54) is 10.9 Å². The summed E-state index contributed by atoms with van der Waals surface area (Å²) in [5, 5.41) is 4.36. The third-order valence-electron chi connectivity index (χ3n) is 3.21. The summed E-state index contributed by atoms with van der Waals surface area (Å²) in [6.45, 7) is 0. The molecule has 0 radical (unpaired) electrons. The molecule has 0 saturated carbocycles. The lowest BCUT2D eigenvalue weighted by atomic mass is 10.1. The van der Waals surface area contributed by atoms with Crippen molar-refractivity contribution in [3.63, 3.8) is 0 Å². The van der Waals surface area contributed by atoms with Gasteiger partial charge in [0.2, 0.25) is 0 Å². The summed E-state index contributed by atoms with van der Waals surface area (Å²) < 4.78 is 1.40. The summed E-state index contributed by atoms with van der Waals surface area (Å²) in [7, 11) is 0. The Morgan fingerprint density at radius 2 is 2.21 bits per heavy atom. The van der Waals surface area contributed by atoms with Crippen molar-refractivity contribution in [2.24, 2.45) is 5.73 Å². The van der Waals surface area contributed by atoms with Crippen molar-refractivity contribution in [2.75, 3.05) is 5.73 Å². The number of rotatable bonds is 2. The number of primary amides is 1. The van der Waals surface area contributed by atoms with Gasteiger partial charge in [0.1, 0.15) is 5.02 Å². The summed E-state index contributed by atoms with van der Waals surface area (Å²) in [6.07, 6.45) is 4.37. The van der Waals surface area contributed by atoms with Crippen LogP contribution in [0.15, 0.2) is 12.3 Å². The number of carbonyl (C=O) groups excluding carboxylic acids is 1. The molecule has 2 aromatic heterocycles. The first-order valence-corrected chi connectivity index (χ1v) is 6.27. The number of nitrogen functional groups attached to an aromatic ring is 1. The first-order valence-electron chi connectivity index (χ1n) is 5.90. The van der Waals surface area contributed by atoms with Crippen LogP contribution in [-0.2, 0) is 12.8 Å². The van der Waals surface area contributed by atoms with E-state index in [0.717, 1.165) is 30.5 Å². The van der Waals surface area contributed by atoms with Crippen molar-refractivity contribution in [3.05, 3.63) is 34.1 Å². The lowest BCUT2D eigenvalue weighted by Crippen LogP contribution is -2.17. The molecule has 98 valence electrons. The van der Waals surface area contributed by atoms with E-state index in [0.29, 0.717) is 16.4 Å². The molecule has 0 aliphatic heterocycles. The summed E-state index contributed by atoms with van der Waals surface area (Å²) >= 11 is 5.88. The minimum Gasteiger partial charge on any atom is -0.381 e. The van der Waals surface area contributed by atoms with Gasteiger partial charge in [-0.2, -0.15) is 0 Å². The fourth-order valence-electron chi connectivity index (χ4n) is 2.29. The summed E-state index contributed by atoms with van der Waals surface area (Å²) in [5.74, 6) is 0.0357. The van der Waals surface area contributed by atoms with Gasteiger partial charge in [-0.1, -0.05) is 11.6 Å². The number of fused-ring (bicyclic) bond motifs is 1. The third kappa shape index (κ3) is 1.94. The highest BCUT2D eigenvalue weighted by molar-refractivity contribution is 6.32. The molecule has 2 aromatic rings. The maximum Gasteiger partial charge on any atom is 0.252 e. The normalized spacial score (nSPS) is 13.5. The van der Waals surface area contributed by atoms with E-state index in [-0.39, 0.29) is 5.82 Å². The van der Waals surface area contributed by atoms with Gasteiger partial charge in [0.05, 0.1) is 11.8 Å². The highest BCUT2D eigenvalue weighted by Gasteiger charge is 2.21. The third-order valence-corrected chi connectivity index (χ3v) is 3.50. The number of hydrogen-bond acceptors (Lipinski definition) is 4. The zero-order chi connectivity index (χ0) is 13.6. The van der Waals surface area contributed by atoms with Crippen LogP contribution >= 0.6 is 11.6 Å². The Labute approximate surface area is 114 Å².